The predicted molar refractivity (Wildman–Crippen MR) is 100 cm³/mol. The van der Waals surface area contributed by atoms with Crippen molar-refractivity contribution in [2.45, 2.75) is 4.90 Å². The van der Waals surface area contributed by atoms with E-state index in [1.165, 1.54) is 23.5 Å². The molecule has 6 nitrogen and oxygen atoms in total. The Morgan fingerprint density at radius 1 is 1.00 bits per heavy atom. The maximum Gasteiger partial charge on any atom is 0.339 e. The number of anilines is 1. The standard InChI is InChI=1S/C18H19ClN2O4S/c1-25-18(22)16-4-2-3-5-17(16)20-10-12-21(13-11-20)26(23,24)15-8-6-14(19)7-9-15/h2-9H,10-13H2,1H3. The van der Waals surface area contributed by atoms with Crippen LogP contribution in [0, 0.1) is 0 Å². The van der Waals surface area contributed by atoms with Crippen molar-refractivity contribution in [2.24, 2.45) is 0 Å². The predicted octanol–water partition coefficient (Wildman–Crippen LogP) is 2.64. The van der Waals surface area contributed by atoms with E-state index in [4.69, 9.17) is 16.3 Å². The summed E-state index contributed by atoms with van der Waals surface area (Å²) in [5, 5.41) is 0.494. The third kappa shape index (κ3) is 3.70. The van der Waals surface area contributed by atoms with Gasteiger partial charge in [-0.2, -0.15) is 4.31 Å². The fourth-order valence-electron chi connectivity index (χ4n) is 2.96. The van der Waals surface area contributed by atoms with Gasteiger partial charge in [-0.3, -0.25) is 0 Å². The molecule has 2 aromatic rings. The van der Waals surface area contributed by atoms with E-state index in [-0.39, 0.29) is 4.90 Å². The summed E-state index contributed by atoms with van der Waals surface area (Å²) in [6.07, 6.45) is 0. The molecule has 0 spiro atoms. The Morgan fingerprint density at radius 3 is 2.23 bits per heavy atom. The summed E-state index contributed by atoms with van der Waals surface area (Å²) < 4.78 is 31.8. The van der Waals surface area contributed by atoms with E-state index in [0.717, 1.165) is 5.69 Å². The molecule has 26 heavy (non-hydrogen) atoms. The Hall–Kier alpha value is -2.09. The van der Waals surface area contributed by atoms with Gasteiger partial charge in [0.25, 0.3) is 0 Å². The molecule has 0 saturated carbocycles. The smallest absolute Gasteiger partial charge is 0.339 e. The Balaban J connectivity index is 1.76. The van der Waals surface area contributed by atoms with Crippen LogP contribution in [0.4, 0.5) is 5.69 Å². The number of benzene rings is 2. The molecule has 0 aliphatic carbocycles. The molecule has 0 N–H and O–H groups in total. The van der Waals surface area contributed by atoms with Gasteiger partial charge in [-0.1, -0.05) is 23.7 Å². The number of nitrogens with zero attached hydrogens (tertiary/aromatic N) is 2. The van der Waals surface area contributed by atoms with Gasteiger partial charge < -0.3 is 9.64 Å². The highest BCUT2D eigenvalue weighted by Crippen LogP contribution is 2.25. The number of para-hydroxylation sites is 1. The molecule has 2 aromatic carbocycles. The highest BCUT2D eigenvalue weighted by atomic mass is 35.5. The lowest BCUT2D eigenvalue weighted by Crippen LogP contribution is -2.49. The molecule has 1 heterocycles. The van der Waals surface area contributed by atoms with Gasteiger partial charge in [-0.05, 0) is 36.4 Å². The molecule has 1 aliphatic rings. The van der Waals surface area contributed by atoms with Crippen LogP contribution in [0.25, 0.3) is 0 Å². The highest BCUT2D eigenvalue weighted by molar-refractivity contribution is 7.89. The number of esters is 1. The Kier molecular flexibility index (Phi) is 5.50. The van der Waals surface area contributed by atoms with Crippen molar-refractivity contribution in [1.29, 1.82) is 0 Å². The zero-order valence-electron chi connectivity index (χ0n) is 14.3. The number of hydrogen-bond acceptors (Lipinski definition) is 5. The van der Waals surface area contributed by atoms with Gasteiger partial charge in [0.1, 0.15) is 0 Å². The third-order valence-electron chi connectivity index (χ3n) is 4.34. The first-order chi connectivity index (χ1) is 12.4. The minimum atomic E-state index is -3.56. The van der Waals surface area contributed by atoms with Gasteiger partial charge in [-0.15, -0.1) is 0 Å². The number of sulfonamides is 1. The normalized spacial score (nSPS) is 15.7. The van der Waals surface area contributed by atoms with Crippen molar-refractivity contribution in [3.8, 4) is 0 Å². The lowest BCUT2D eigenvalue weighted by atomic mass is 10.1. The van der Waals surface area contributed by atoms with Crippen LogP contribution in [0.5, 0.6) is 0 Å². The van der Waals surface area contributed by atoms with E-state index in [1.54, 1.807) is 24.3 Å². The van der Waals surface area contributed by atoms with Crippen LogP contribution < -0.4 is 4.90 Å². The molecule has 0 bridgehead atoms. The summed E-state index contributed by atoms with van der Waals surface area (Å²) in [7, 11) is -2.22. The van der Waals surface area contributed by atoms with Crippen molar-refractivity contribution in [3.63, 3.8) is 0 Å². The summed E-state index contributed by atoms with van der Waals surface area (Å²) in [6, 6.07) is 13.3. The largest absolute Gasteiger partial charge is 0.465 e. The number of carbonyl (C=O) groups is 1. The number of ether oxygens (including phenoxy) is 1. The van der Waals surface area contributed by atoms with E-state index < -0.39 is 16.0 Å². The van der Waals surface area contributed by atoms with E-state index in [9.17, 15) is 13.2 Å². The van der Waals surface area contributed by atoms with Gasteiger partial charge in [-0.25, -0.2) is 13.2 Å². The molecular weight excluding hydrogens is 376 g/mol. The molecule has 1 fully saturated rings. The lowest BCUT2D eigenvalue weighted by Gasteiger charge is -2.36. The van der Waals surface area contributed by atoms with Gasteiger partial charge in [0.15, 0.2) is 0 Å². The highest BCUT2D eigenvalue weighted by Gasteiger charge is 2.29. The molecule has 1 aliphatic heterocycles. The molecule has 1 saturated heterocycles. The Morgan fingerprint density at radius 2 is 1.62 bits per heavy atom. The second-order valence-corrected chi connectivity index (χ2v) is 8.23. The fraction of sp³-hybridized carbons (Fsp3) is 0.278. The van der Waals surface area contributed by atoms with Gasteiger partial charge >= 0.3 is 5.97 Å². The number of methoxy groups -OCH3 is 1. The van der Waals surface area contributed by atoms with Crippen LogP contribution in [0.15, 0.2) is 53.4 Å². The number of halogens is 1. The fourth-order valence-corrected chi connectivity index (χ4v) is 4.51. The average Bonchev–Trinajstić information content (AvgIpc) is 2.68. The molecule has 0 radical (unpaired) electrons. The first-order valence-electron chi connectivity index (χ1n) is 8.11. The van der Waals surface area contributed by atoms with Gasteiger partial charge in [0.2, 0.25) is 10.0 Å². The average molecular weight is 395 g/mol. The molecule has 0 aromatic heterocycles. The van der Waals surface area contributed by atoms with Crippen LogP contribution in [0.1, 0.15) is 10.4 Å². The summed E-state index contributed by atoms with van der Waals surface area (Å²) >= 11 is 5.83. The van der Waals surface area contributed by atoms with E-state index >= 15 is 0 Å². The monoisotopic (exact) mass is 394 g/mol. The van der Waals surface area contributed by atoms with Crippen molar-refractivity contribution in [3.05, 3.63) is 59.1 Å². The second kappa shape index (κ2) is 7.65. The minimum Gasteiger partial charge on any atom is -0.465 e. The maximum atomic E-state index is 12.8. The molecule has 0 amide bonds. The minimum absolute atomic E-state index is 0.227. The van der Waals surface area contributed by atoms with E-state index in [2.05, 4.69) is 0 Å². The second-order valence-electron chi connectivity index (χ2n) is 5.85. The number of piperazine rings is 1. The number of carbonyl (C=O) groups excluding carboxylic acids is 1. The lowest BCUT2D eigenvalue weighted by molar-refractivity contribution is 0.0601. The van der Waals surface area contributed by atoms with Crippen LogP contribution in [0.2, 0.25) is 5.02 Å². The van der Waals surface area contributed by atoms with Crippen LogP contribution in [0.3, 0.4) is 0 Å². The van der Waals surface area contributed by atoms with Crippen LogP contribution in [-0.4, -0.2) is 52.0 Å². The van der Waals surface area contributed by atoms with E-state index in [0.29, 0.717) is 36.8 Å². The quantitative estimate of drug-likeness (QED) is 0.746. The van der Waals surface area contributed by atoms with Crippen LogP contribution >= 0.6 is 11.6 Å². The van der Waals surface area contributed by atoms with E-state index in [1.807, 2.05) is 17.0 Å². The zero-order chi connectivity index (χ0) is 18.7. The van der Waals surface area contributed by atoms with Crippen molar-refractivity contribution >= 4 is 33.3 Å². The first kappa shape index (κ1) is 18.7. The number of rotatable bonds is 4. The Bertz CT molecular complexity index is 892. The molecule has 0 atom stereocenters. The zero-order valence-corrected chi connectivity index (χ0v) is 15.8. The SMILES string of the molecule is COC(=O)c1ccccc1N1CCN(S(=O)(=O)c2ccc(Cl)cc2)CC1. The van der Waals surface area contributed by atoms with Crippen molar-refractivity contribution in [2.75, 3.05) is 38.2 Å². The third-order valence-corrected chi connectivity index (χ3v) is 6.50. The van der Waals surface area contributed by atoms with Gasteiger partial charge in [0.05, 0.1) is 23.3 Å². The van der Waals surface area contributed by atoms with Crippen molar-refractivity contribution in [1.82, 2.24) is 4.31 Å². The Labute approximate surface area is 158 Å². The summed E-state index contributed by atoms with van der Waals surface area (Å²) in [4.78, 5) is 14.2. The number of hydrogen-bond donors (Lipinski definition) is 0. The van der Waals surface area contributed by atoms with Crippen LogP contribution in [-0.2, 0) is 14.8 Å². The van der Waals surface area contributed by atoms with Crippen molar-refractivity contribution < 1.29 is 17.9 Å². The molecule has 138 valence electrons. The first-order valence-corrected chi connectivity index (χ1v) is 9.93. The molecule has 8 heteroatoms. The summed E-state index contributed by atoms with van der Waals surface area (Å²) in [5.41, 5.74) is 1.23. The summed E-state index contributed by atoms with van der Waals surface area (Å²) in [5.74, 6) is -0.406. The maximum absolute atomic E-state index is 12.8. The van der Waals surface area contributed by atoms with Gasteiger partial charge in [0, 0.05) is 31.2 Å². The molecular formula is C18H19ClN2O4S. The molecule has 3 rings (SSSR count). The molecule has 0 unspecified atom stereocenters. The summed E-state index contributed by atoms with van der Waals surface area (Å²) in [6.45, 7) is 1.64. The topological polar surface area (TPSA) is 66.9 Å².